The topological polar surface area (TPSA) is 71.5 Å². The molecular formula is C17H19ClF3N5O2. The molecule has 1 saturated heterocycles. The highest BCUT2D eigenvalue weighted by atomic mass is 35.5. The molecule has 0 radical (unpaired) electrons. The molecule has 11 heteroatoms. The minimum Gasteiger partial charge on any atom is -0.444 e. The van der Waals surface area contributed by atoms with Gasteiger partial charge in [0.15, 0.2) is 5.15 Å². The predicted molar refractivity (Wildman–Crippen MR) is 97.4 cm³/mol. The maximum absolute atomic E-state index is 13.1. The highest BCUT2D eigenvalue weighted by Gasteiger charge is 2.34. The fourth-order valence-corrected chi connectivity index (χ4v) is 3.08. The molecule has 2 aromatic heterocycles. The molecule has 0 atom stereocenters. The Morgan fingerprint density at radius 3 is 2.36 bits per heavy atom. The van der Waals surface area contributed by atoms with Crippen LogP contribution in [0.4, 0.5) is 23.8 Å². The molecule has 0 aromatic carbocycles. The van der Waals surface area contributed by atoms with E-state index in [4.69, 9.17) is 16.3 Å². The maximum atomic E-state index is 13.1. The van der Waals surface area contributed by atoms with E-state index in [1.165, 1.54) is 6.33 Å². The number of alkyl halides is 3. The standard InChI is InChI=1S/C17H19ClF3N5O2/c1-16(2,3)28-15(27)26-6-4-25(5-7-26)14-10-8-11(17(19,20)21)24-13(18)12(10)22-9-23-14/h8-9H,4-7H2,1-3H3. The summed E-state index contributed by atoms with van der Waals surface area (Å²) in [5.74, 6) is 0.323. The van der Waals surface area contributed by atoms with Gasteiger partial charge in [-0.2, -0.15) is 13.2 Å². The SMILES string of the molecule is CC(C)(C)OC(=O)N1CCN(c2ncnc3c(Cl)nc(C(F)(F)F)cc23)CC1. The van der Waals surface area contributed by atoms with Crippen LogP contribution in [0.1, 0.15) is 26.5 Å². The van der Waals surface area contributed by atoms with E-state index in [1.54, 1.807) is 30.6 Å². The quantitative estimate of drug-likeness (QED) is 0.658. The van der Waals surface area contributed by atoms with Gasteiger partial charge < -0.3 is 14.5 Å². The Hall–Kier alpha value is -2.36. The fraction of sp³-hybridized carbons (Fsp3) is 0.529. The molecule has 7 nitrogen and oxygen atoms in total. The van der Waals surface area contributed by atoms with E-state index in [1.807, 2.05) is 0 Å². The summed E-state index contributed by atoms with van der Waals surface area (Å²) in [4.78, 5) is 27.0. The maximum Gasteiger partial charge on any atom is 0.433 e. The smallest absolute Gasteiger partial charge is 0.433 e. The second-order valence-electron chi connectivity index (χ2n) is 7.34. The van der Waals surface area contributed by atoms with Gasteiger partial charge in [0.2, 0.25) is 0 Å². The van der Waals surface area contributed by atoms with Crippen molar-refractivity contribution in [2.24, 2.45) is 0 Å². The highest BCUT2D eigenvalue weighted by molar-refractivity contribution is 6.34. The van der Waals surface area contributed by atoms with Crippen molar-refractivity contribution in [1.29, 1.82) is 0 Å². The van der Waals surface area contributed by atoms with Gasteiger partial charge in [-0.25, -0.2) is 19.7 Å². The van der Waals surface area contributed by atoms with Gasteiger partial charge in [0.05, 0.1) is 0 Å². The van der Waals surface area contributed by atoms with Crippen molar-refractivity contribution in [2.45, 2.75) is 32.5 Å². The van der Waals surface area contributed by atoms with Crippen molar-refractivity contribution in [1.82, 2.24) is 19.9 Å². The molecular weight excluding hydrogens is 399 g/mol. The third-order valence-electron chi connectivity index (χ3n) is 4.08. The number of rotatable bonds is 1. The van der Waals surface area contributed by atoms with Crippen molar-refractivity contribution in [2.75, 3.05) is 31.1 Å². The Kier molecular flexibility index (Phi) is 5.26. The number of ether oxygens (including phenoxy) is 1. The number of hydrogen-bond donors (Lipinski definition) is 0. The summed E-state index contributed by atoms with van der Waals surface area (Å²) in [7, 11) is 0. The van der Waals surface area contributed by atoms with Crippen molar-refractivity contribution >= 4 is 34.4 Å². The third-order valence-corrected chi connectivity index (χ3v) is 4.34. The number of halogens is 4. The summed E-state index contributed by atoms with van der Waals surface area (Å²) in [5, 5.41) is -0.165. The van der Waals surface area contributed by atoms with Crippen LogP contribution in [0.15, 0.2) is 12.4 Å². The van der Waals surface area contributed by atoms with Crippen molar-refractivity contribution < 1.29 is 22.7 Å². The molecule has 0 saturated carbocycles. The molecule has 0 bridgehead atoms. The zero-order valence-electron chi connectivity index (χ0n) is 15.5. The zero-order chi connectivity index (χ0) is 20.7. The molecule has 3 rings (SSSR count). The van der Waals surface area contributed by atoms with E-state index in [0.29, 0.717) is 32.0 Å². The van der Waals surface area contributed by atoms with Crippen molar-refractivity contribution in [3.05, 3.63) is 23.2 Å². The Morgan fingerprint density at radius 1 is 1.14 bits per heavy atom. The molecule has 3 heterocycles. The first kappa shape index (κ1) is 20.4. The number of aromatic nitrogens is 3. The van der Waals surface area contributed by atoms with Crippen LogP contribution in [-0.4, -0.2) is 57.7 Å². The van der Waals surface area contributed by atoms with E-state index in [2.05, 4.69) is 15.0 Å². The Morgan fingerprint density at radius 2 is 1.79 bits per heavy atom. The summed E-state index contributed by atoms with van der Waals surface area (Å²) in [6.07, 6.45) is -3.83. The minimum atomic E-state index is -4.64. The lowest BCUT2D eigenvalue weighted by Gasteiger charge is -2.36. The lowest BCUT2D eigenvalue weighted by molar-refractivity contribution is -0.141. The Bertz CT molecular complexity index is 893. The van der Waals surface area contributed by atoms with E-state index in [0.717, 1.165) is 6.07 Å². The van der Waals surface area contributed by atoms with E-state index >= 15 is 0 Å². The molecule has 1 aliphatic rings. The molecule has 0 spiro atoms. The van der Waals surface area contributed by atoms with Gasteiger partial charge in [-0.05, 0) is 26.8 Å². The summed E-state index contributed by atoms with van der Waals surface area (Å²) in [5.41, 5.74) is -1.56. The van der Waals surface area contributed by atoms with Crippen LogP contribution in [0.5, 0.6) is 0 Å². The van der Waals surface area contributed by atoms with Gasteiger partial charge in [-0.3, -0.25) is 0 Å². The van der Waals surface area contributed by atoms with Crippen LogP contribution in [0, 0.1) is 0 Å². The minimum absolute atomic E-state index is 0.147. The van der Waals surface area contributed by atoms with Gasteiger partial charge in [-0.15, -0.1) is 0 Å². The van der Waals surface area contributed by atoms with Gasteiger partial charge in [0.1, 0.15) is 29.0 Å². The fourth-order valence-electron chi connectivity index (χ4n) is 2.84. The van der Waals surface area contributed by atoms with Gasteiger partial charge in [-0.1, -0.05) is 11.6 Å². The lowest BCUT2D eigenvalue weighted by atomic mass is 10.2. The third kappa shape index (κ3) is 4.37. The van der Waals surface area contributed by atoms with Gasteiger partial charge in [0, 0.05) is 31.6 Å². The second-order valence-corrected chi connectivity index (χ2v) is 7.70. The summed E-state index contributed by atoms with van der Waals surface area (Å²) >= 11 is 5.92. The summed E-state index contributed by atoms with van der Waals surface area (Å²) < 4.78 is 44.7. The van der Waals surface area contributed by atoms with Gasteiger partial charge >= 0.3 is 12.3 Å². The summed E-state index contributed by atoms with van der Waals surface area (Å²) in [6.45, 7) is 6.81. The molecule has 0 aliphatic carbocycles. The average molecular weight is 418 g/mol. The molecule has 1 amide bonds. The van der Waals surface area contributed by atoms with Gasteiger partial charge in [0.25, 0.3) is 0 Å². The van der Waals surface area contributed by atoms with Crippen LogP contribution in [0.25, 0.3) is 10.9 Å². The molecule has 1 aliphatic heterocycles. The Balaban J connectivity index is 1.85. The van der Waals surface area contributed by atoms with Crippen LogP contribution in [0.2, 0.25) is 5.15 Å². The molecule has 0 N–H and O–H groups in total. The number of amides is 1. The number of pyridine rings is 1. The normalized spacial score (nSPS) is 15.8. The highest BCUT2D eigenvalue weighted by Crippen LogP contribution is 2.34. The summed E-state index contributed by atoms with van der Waals surface area (Å²) in [6, 6.07) is 0.900. The molecule has 152 valence electrons. The van der Waals surface area contributed by atoms with Crippen LogP contribution in [-0.2, 0) is 10.9 Å². The first-order valence-corrected chi connectivity index (χ1v) is 8.95. The van der Waals surface area contributed by atoms with E-state index in [-0.39, 0.29) is 16.1 Å². The number of carbonyl (C=O) groups excluding carboxylic acids is 1. The van der Waals surface area contributed by atoms with Crippen molar-refractivity contribution in [3.63, 3.8) is 0 Å². The number of anilines is 1. The van der Waals surface area contributed by atoms with Crippen LogP contribution in [0.3, 0.4) is 0 Å². The zero-order valence-corrected chi connectivity index (χ0v) is 16.3. The lowest BCUT2D eigenvalue weighted by Crippen LogP contribution is -2.50. The number of piperazine rings is 1. The van der Waals surface area contributed by atoms with E-state index < -0.39 is 23.6 Å². The first-order chi connectivity index (χ1) is 13.0. The van der Waals surface area contributed by atoms with Crippen molar-refractivity contribution in [3.8, 4) is 0 Å². The molecule has 1 fully saturated rings. The Labute approximate surface area is 164 Å². The number of hydrogen-bond acceptors (Lipinski definition) is 6. The largest absolute Gasteiger partial charge is 0.444 e. The average Bonchev–Trinajstić information content (AvgIpc) is 2.59. The first-order valence-electron chi connectivity index (χ1n) is 8.57. The monoisotopic (exact) mass is 417 g/mol. The number of nitrogens with zero attached hydrogens (tertiary/aromatic N) is 5. The van der Waals surface area contributed by atoms with Crippen LogP contribution >= 0.6 is 11.6 Å². The van der Waals surface area contributed by atoms with E-state index in [9.17, 15) is 18.0 Å². The molecule has 2 aromatic rings. The second kappa shape index (κ2) is 7.23. The van der Waals surface area contributed by atoms with Crippen LogP contribution < -0.4 is 4.90 Å². The number of carbonyl (C=O) groups is 1. The predicted octanol–water partition coefficient (Wildman–Crippen LogP) is 3.75. The number of fused-ring (bicyclic) bond motifs is 1. The molecule has 0 unspecified atom stereocenters. The molecule has 28 heavy (non-hydrogen) atoms.